The summed E-state index contributed by atoms with van der Waals surface area (Å²) in [5, 5.41) is 0.333. The summed E-state index contributed by atoms with van der Waals surface area (Å²) < 4.78 is 32.2. The van der Waals surface area contributed by atoms with Crippen LogP contribution in [0.2, 0.25) is 0 Å². The van der Waals surface area contributed by atoms with E-state index in [1.54, 1.807) is 12.1 Å². The molecule has 1 heterocycles. The number of hydrogen-bond donors (Lipinski definition) is 2. The Morgan fingerprint density at radius 1 is 1.45 bits per heavy atom. The summed E-state index contributed by atoms with van der Waals surface area (Å²) in [4.78, 5) is 4.27. The van der Waals surface area contributed by atoms with Crippen LogP contribution in [0, 0.1) is 0 Å². The minimum Gasteiger partial charge on any atom is -0.494 e. The van der Waals surface area contributed by atoms with E-state index in [1.807, 2.05) is 6.92 Å². The number of fused-ring (bicyclic) bond motifs is 1. The van der Waals surface area contributed by atoms with Crippen molar-refractivity contribution in [2.45, 2.75) is 19.8 Å². The van der Waals surface area contributed by atoms with Gasteiger partial charge in [0.15, 0.2) is 5.13 Å². The van der Waals surface area contributed by atoms with Gasteiger partial charge in [-0.05, 0) is 12.5 Å². The van der Waals surface area contributed by atoms with E-state index >= 15 is 0 Å². The summed E-state index contributed by atoms with van der Waals surface area (Å²) in [5.41, 5.74) is 6.93. The highest BCUT2D eigenvalue weighted by atomic mass is 32.2. The van der Waals surface area contributed by atoms with Crippen molar-refractivity contribution in [2.24, 2.45) is 0 Å². The summed E-state index contributed by atoms with van der Waals surface area (Å²) in [5.74, 6) is 0.633. The Morgan fingerprint density at radius 3 is 2.85 bits per heavy atom. The molecule has 0 atom stereocenters. The molecule has 6 nitrogen and oxygen atoms in total. The quantitative estimate of drug-likeness (QED) is 0.798. The molecule has 2 rings (SSSR count). The van der Waals surface area contributed by atoms with Crippen molar-refractivity contribution in [3.05, 3.63) is 12.1 Å². The predicted octanol–water partition coefficient (Wildman–Crippen LogP) is 2.43. The van der Waals surface area contributed by atoms with E-state index in [-0.39, 0.29) is 5.75 Å². The molecule has 1 aromatic carbocycles. The second-order valence-corrected chi connectivity index (χ2v) is 7.24. The number of methoxy groups -OCH3 is 1. The Labute approximate surface area is 122 Å². The van der Waals surface area contributed by atoms with Crippen LogP contribution in [0.25, 0.3) is 10.2 Å². The molecule has 0 saturated carbocycles. The van der Waals surface area contributed by atoms with Crippen LogP contribution in [0.5, 0.6) is 5.75 Å². The molecule has 0 aliphatic heterocycles. The number of nitrogens with two attached hydrogens (primary N) is 1. The van der Waals surface area contributed by atoms with Gasteiger partial charge in [-0.25, -0.2) is 13.4 Å². The number of ether oxygens (including phenoxy) is 1. The highest BCUT2D eigenvalue weighted by Crippen LogP contribution is 2.34. The van der Waals surface area contributed by atoms with Gasteiger partial charge in [-0.15, -0.1) is 0 Å². The van der Waals surface area contributed by atoms with Crippen LogP contribution in [0.3, 0.4) is 0 Å². The van der Waals surface area contributed by atoms with Crippen molar-refractivity contribution in [1.82, 2.24) is 4.98 Å². The third-order valence-corrected chi connectivity index (χ3v) is 5.09. The van der Waals surface area contributed by atoms with Gasteiger partial charge in [0.05, 0.1) is 17.6 Å². The number of nitrogens with one attached hydrogen (secondary N) is 1. The standard InChI is InChI=1S/C12H17N3O3S2/c1-3-4-5-20(16,17)15-12-14-11-9(18-2)6-8(13)7-10(11)19-12/h6-7H,3-5,13H2,1-2H3,(H,14,15). The third kappa shape index (κ3) is 3.31. The molecule has 8 heteroatoms. The minimum atomic E-state index is -3.35. The lowest BCUT2D eigenvalue weighted by Crippen LogP contribution is -2.16. The SMILES string of the molecule is CCCCS(=O)(=O)Nc1nc2c(OC)cc(N)cc2s1. The molecule has 0 aliphatic carbocycles. The van der Waals surface area contributed by atoms with Crippen molar-refractivity contribution in [3.63, 3.8) is 0 Å². The smallest absolute Gasteiger partial charge is 0.234 e. The van der Waals surface area contributed by atoms with Gasteiger partial charge >= 0.3 is 0 Å². The molecule has 3 N–H and O–H groups in total. The number of aromatic nitrogens is 1. The average molecular weight is 315 g/mol. The Hall–Kier alpha value is -1.54. The fourth-order valence-electron chi connectivity index (χ4n) is 1.74. The molecular weight excluding hydrogens is 298 g/mol. The molecule has 0 spiro atoms. The number of rotatable bonds is 6. The minimum absolute atomic E-state index is 0.0959. The highest BCUT2D eigenvalue weighted by Gasteiger charge is 2.15. The number of nitrogen functional groups attached to an aromatic ring is 1. The Kier molecular flexibility index (Phi) is 4.34. The van der Waals surface area contributed by atoms with Gasteiger partial charge in [0.1, 0.15) is 11.3 Å². The Morgan fingerprint density at radius 2 is 2.20 bits per heavy atom. The number of sulfonamides is 1. The number of unbranched alkanes of at least 4 members (excludes halogenated alkanes) is 1. The number of nitrogens with zero attached hydrogens (tertiary/aromatic N) is 1. The maximum atomic E-state index is 11.9. The van der Waals surface area contributed by atoms with Gasteiger partial charge in [-0.2, -0.15) is 0 Å². The molecule has 20 heavy (non-hydrogen) atoms. The lowest BCUT2D eigenvalue weighted by Gasteiger charge is -2.03. The maximum absolute atomic E-state index is 11.9. The van der Waals surface area contributed by atoms with Crippen molar-refractivity contribution in [1.29, 1.82) is 0 Å². The largest absolute Gasteiger partial charge is 0.494 e. The first-order valence-corrected chi connectivity index (χ1v) is 8.66. The summed E-state index contributed by atoms with van der Waals surface area (Å²) >= 11 is 1.24. The third-order valence-electron chi connectivity index (χ3n) is 2.71. The number of benzene rings is 1. The first-order chi connectivity index (χ1) is 9.45. The van der Waals surface area contributed by atoms with Gasteiger partial charge in [-0.3, -0.25) is 4.72 Å². The van der Waals surface area contributed by atoms with Crippen molar-refractivity contribution in [2.75, 3.05) is 23.3 Å². The predicted molar refractivity (Wildman–Crippen MR) is 82.9 cm³/mol. The number of anilines is 2. The first kappa shape index (κ1) is 14.9. The Bertz CT molecular complexity index is 710. The van der Waals surface area contributed by atoms with E-state index in [1.165, 1.54) is 18.4 Å². The maximum Gasteiger partial charge on any atom is 0.234 e. The molecule has 0 radical (unpaired) electrons. The van der Waals surface area contributed by atoms with E-state index in [4.69, 9.17) is 10.5 Å². The summed E-state index contributed by atoms with van der Waals surface area (Å²) in [6, 6.07) is 3.41. The zero-order valence-electron chi connectivity index (χ0n) is 11.3. The van der Waals surface area contributed by atoms with Gasteiger partial charge in [0, 0.05) is 11.8 Å². The normalized spacial score (nSPS) is 11.7. The van der Waals surface area contributed by atoms with E-state index in [0.717, 1.165) is 11.1 Å². The zero-order valence-corrected chi connectivity index (χ0v) is 13.0. The average Bonchev–Trinajstić information content (AvgIpc) is 2.76. The van der Waals surface area contributed by atoms with E-state index in [0.29, 0.717) is 28.5 Å². The van der Waals surface area contributed by atoms with Gasteiger partial charge in [-0.1, -0.05) is 24.7 Å². The van der Waals surface area contributed by atoms with Gasteiger partial charge in [0.2, 0.25) is 10.0 Å². The van der Waals surface area contributed by atoms with Crippen molar-refractivity contribution >= 4 is 42.4 Å². The number of thiazole rings is 1. The highest BCUT2D eigenvalue weighted by molar-refractivity contribution is 7.92. The molecule has 0 fully saturated rings. The molecule has 0 unspecified atom stereocenters. The molecule has 0 aliphatic rings. The summed E-state index contributed by atoms with van der Waals surface area (Å²) in [6.45, 7) is 1.95. The zero-order chi connectivity index (χ0) is 14.8. The van der Waals surface area contributed by atoms with E-state index < -0.39 is 10.0 Å². The van der Waals surface area contributed by atoms with Gasteiger partial charge < -0.3 is 10.5 Å². The summed E-state index contributed by atoms with van der Waals surface area (Å²) in [6.07, 6.45) is 1.45. The van der Waals surface area contributed by atoms with Crippen molar-refractivity contribution in [3.8, 4) is 5.75 Å². The molecule has 0 amide bonds. The fourth-order valence-corrected chi connectivity index (χ4v) is 4.15. The van der Waals surface area contributed by atoms with E-state index in [9.17, 15) is 8.42 Å². The van der Waals surface area contributed by atoms with Gasteiger partial charge in [0.25, 0.3) is 0 Å². The molecule has 0 saturated heterocycles. The van der Waals surface area contributed by atoms with Crippen LogP contribution in [0.15, 0.2) is 12.1 Å². The number of hydrogen-bond acceptors (Lipinski definition) is 6. The van der Waals surface area contributed by atoms with E-state index in [2.05, 4.69) is 9.71 Å². The second-order valence-electron chi connectivity index (χ2n) is 4.36. The first-order valence-electron chi connectivity index (χ1n) is 6.19. The van der Waals surface area contributed by atoms with Crippen LogP contribution >= 0.6 is 11.3 Å². The lowest BCUT2D eigenvalue weighted by molar-refractivity contribution is 0.419. The fraction of sp³-hybridized carbons (Fsp3) is 0.417. The van der Waals surface area contributed by atoms with Crippen LogP contribution in [-0.2, 0) is 10.0 Å². The molecule has 110 valence electrons. The summed E-state index contributed by atoms with van der Waals surface area (Å²) in [7, 11) is -1.82. The van der Waals surface area contributed by atoms with Crippen LogP contribution in [0.4, 0.5) is 10.8 Å². The lowest BCUT2D eigenvalue weighted by atomic mass is 10.3. The molecular formula is C12H17N3O3S2. The topological polar surface area (TPSA) is 94.3 Å². The molecule has 2 aromatic rings. The van der Waals surface area contributed by atoms with Crippen LogP contribution in [-0.4, -0.2) is 26.3 Å². The van der Waals surface area contributed by atoms with Crippen molar-refractivity contribution < 1.29 is 13.2 Å². The van der Waals surface area contributed by atoms with Crippen LogP contribution in [0.1, 0.15) is 19.8 Å². The molecule has 0 bridgehead atoms. The monoisotopic (exact) mass is 315 g/mol. The Balaban J connectivity index is 2.33. The van der Waals surface area contributed by atoms with Crippen LogP contribution < -0.4 is 15.2 Å². The second kappa shape index (κ2) is 5.84. The molecule has 1 aromatic heterocycles.